The normalized spacial score (nSPS) is 19.6. The van der Waals surface area contributed by atoms with Gasteiger partial charge < -0.3 is 5.11 Å². The van der Waals surface area contributed by atoms with Crippen LogP contribution in [0.25, 0.3) is 0 Å². The Balaban J connectivity index is 1.65. The summed E-state index contributed by atoms with van der Waals surface area (Å²) >= 11 is 0. The molecule has 0 fully saturated rings. The Morgan fingerprint density at radius 3 is 2.63 bits per heavy atom. The molecule has 148 valence electrons. The number of aromatic hydroxyl groups is 1. The molecular weight excluding hydrogens is 377 g/mol. The summed E-state index contributed by atoms with van der Waals surface area (Å²) in [6.07, 6.45) is 1.74. The predicted octanol–water partition coefficient (Wildman–Crippen LogP) is 5.24. The minimum Gasteiger partial charge on any atom is -0.508 e. The number of hydrogen-bond acceptors (Lipinski definition) is 4. The molecule has 1 aliphatic carbocycles. The molecule has 2 atom stereocenters. The number of hydrazone groups is 1. The number of rotatable bonds is 2. The van der Waals surface area contributed by atoms with Crippen molar-refractivity contribution >= 4 is 11.4 Å². The molecule has 3 aromatic rings. The van der Waals surface area contributed by atoms with Gasteiger partial charge in [0.05, 0.1) is 29.1 Å². The van der Waals surface area contributed by atoms with E-state index in [9.17, 15) is 14.8 Å². The van der Waals surface area contributed by atoms with Gasteiger partial charge in [0.2, 0.25) is 0 Å². The van der Waals surface area contributed by atoms with E-state index in [1.54, 1.807) is 6.07 Å². The first-order valence-corrected chi connectivity index (χ1v) is 10.0. The molecule has 0 saturated carbocycles. The minimum atomic E-state index is -0.261. The molecule has 5 heteroatoms. The van der Waals surface area contributed by atoms with E-state index in [1.807, 2.05) is 54.4 Å². The Hall–Kier alpha value is -3.65. The smallest absolute Gasteiger partial charge is 0.123 e. The summed E-state index contributed by atoms with van der Waals surface area (Å²) in [7, 11) is 0. The van der Waals surface area contributed by atoms with E-state index in [2.05, 4.69) is 6.07 Å². The van der Waals surface area contributed by atoms with Gasteiger partial charge in [0, 0.05) is 11.5 Å². The van der Waals surface area contributed by atoms with Gasteiger partial charge in [-0.15, -0.1) is 0 Å². The average molecular weight is 397 g/mol. The number of nitrogens with zero attached hydrogens (tertiary/aromatic N) is 3. The van der Waals surface area contributed by atoms with Crippen molar-refractivity contribution < 1.29 is 9.50 Å². The van der Waals surface area contributed by atoms with Crippen molar-refractivity contribution in [2.45, 2.75) is 25.8 Å². The number of hydrogen-bond donors (Lipinski definition) is 1. The van der Waals surface area contributed by atoms with Crippen molar-refractivity contribution in [3.8, 4) is 11.8 Å². The molecule has 0 aromatic heterocycles. The second-order valence-corrected chi connectivity index (χ2v) is 7.92. The van der Waals surface area contributed by atoms with Crippen LogP contribution in [0.3, 0.4) is 0 Å². The van der Waals surface area contributed by atoms with Crippen LogP contribution in [0.5, 0.6) is 5.75 Å². The summed E-state index contributed by atoms with van der Waals surface area (Å²) < 4.78 is 13.6. The fraction of sp³-hybridized carbons (Fsp3) is 0.200. The first-order valence-electron chi connectivity index (χ1n) is 10.0. The third-order valence-electron chi connectivity index (χ3n) is 6.11. The highest BCUT2D eigenvalue weighted by atomic mass is 19.1. The van der Waals surface area contributed by atoms with Gasteiger partial charge in [0.15, 0.2) is 0 Å². The first-order chi connectivity index (χ1) is 14.5. The maximum absolute atomic E-state index is 13.6. The number of halogens is 1. The third-order valence-corrected chi connectivity index (χ3v) is 6.11. The van der Waals surface area contributed by atoms with Crippen molar-refractivity contribution in [3.05, 3.63) is 94.3 Å². The molecule has 0 bridgehead atoms. The van der Waals surface area contributed by atoms with Gasteiger partial charge in [-0.25, -0.2) is 4.39 Å². The van der Waals surface area contributed by atoms with Crippen LogP contribution in [0.15, 0.2) is 65.8 Å². The highest BCUT2D eigenvalue weighted by molar-refractivity contribution is 6.07. The van der Waals surface area contributed by atoms with E-state index in [-0.39, 0.29) is 23.5 Å². The predicted molar refractivity (Wildman–Crippen MR) is 114 cm³/mol. The van der Waals surface area contributed by atoms with E-state index in [0.29, 0.717) is 5.56 Å². The molecule has 0 amide bonds. The molecule has 0 saturated heterocycles. The van der Waals surface area contributed by atoms with E-state index in [1.165, 1.54) is 12.1 Å². The highest BCUT2D eigenvalue weighted by Gasteiger charge is 2.42. The zero-order valence-corrected chi connectivity index (χ0v) is 16.5. The second kappa shape index (κ2) is 7.00. The lowest BCUT2D eigenvalue weighted by Crippen LogP contribution is -2.28. The lowest BCUT2D eigenvalue weighted by molar-refractivity contribution is 0.472. The molecule has 4 nitrogen and oxygen atoms in total. The number of phenols is 1. The van der Waals surface area contributed by atoms with Gasteiger partial charge in [-0.1, -0.05) is 12.1 Å². The molecule has 30 heavy (non-hydrogen) atoms. The second-order valence-electron chi connectivity index (χ2n) is 7.92. The van der Waals surface area contributed by atoms with E-state index in [4.69, 9.17) is 5.10 Å². The van der Waals surface area contributed by atoms with Crippen molar-refractivity contribution in [3.63, 3.8) is 0 Å². The molecule has 1 heterocycles. The lowest BCUT2D eigenvalue weighted by atomic mass is 9.77. The van der Waals surface area contributed by atoms with E-state index < -0.39 is 0 Å². The maximum Gasteiger partial charge on any atom is 0.123 e. The Morgan fingerprint density at radius 1 is 1.10 bits per heavy atom. The zero-order chi connectivity index (χ0) is 20.8. The highest BCUT2D eigenvalue weighted by Crippen LogP contribution is 2.46. The third kappa shape index (κ3) is 2.93. The number of nitriles is 1. The van der Waals surface area contributed by atoms with Gasteiger partial charge in [-0.05, 0) is 85.0 Å². The number of fused-ring (bicyclic) bond motifs is 3. The van der Waals surface area contributed by atoms with Crippen LogP contribution >= 0.6 is 0 Å². The molecule has 1 aliphatic heterocycles. The van der Waals surface area contributed by atoms with E-state index >= 15 is 0 Å². The molecule has 5 rings (SSSR count). The monoisotopic (exact) mass is 397 g/mol. The molecular formula is C25H20FN3O. The largest absolute Gasteiger partial charge is 0.508 e. The summed E-state index contributed by atoms with van der Waals surface area (Å²) in [6, 6.07) is 20.0. The first kappa shape index (κ1) is 18.4. The van der Waals surface area contributed by atoms with Crippen molar-refractivity contribution in [1.29, 1.82) is 5.26 Å². The van der Waals surface area contributed by atoms with Crippen LogP contribution < -0.4 is 5.01 Å². The standard InChI is InChI=1S/C25H20FN3O/c1-15-12-20(8-4-18(15)14-27)29-25(16-2-6-19(26)7-3-16)23-10-5-17-13-21(30)9-11-22(17)24(23)28-29/h2-4,6-9,11-13,23,25,30H,5,10H2,1H3/t23-,25-/m1/s1. The Kier molecular flexibility index (Phi) is 4.29. The fourth-order valence-corrected chi connectivity index (χ4v) is 4.64. The Morgan fingerprint density at radius 2 is 1.90 bits per heavy atom. The zero-order valence-electron chi connectivity index (χ0n) is 16.5. The van der Waals surface area contributed by atoms with Crippen LogP contribution in [0.2, 0.25) is 0 Å². The summed E-state index contributed by atoms with van der Waals surface area (Å²) in [5, 5.41) is 26.2. The summed E-state index contributed by atoms with van der Waals surface area (Å²) in [5.41, 5.74) is 6.60. The van der Waals surface area contributed by atoms with Crippen LogP contribution in [0, 0.1) is 30.0 Å². The molecule has 0 unspecified atom stereocenters. The van der Waals surface area contributed by atoms with Crippen LogP contribution in [0.4, 0.5) is 10.1 Å². The van der Waals surface area contributed by atoms with E-state index in [0.717, 1.165) is 46.5 Å². The van der Waals surface area contributed by atoms with Crippen molar-refractivity contribution in [1.82, 2.24) is 0 Å². The van der Waals surface area contributed by atoms with Crippen molar-refractivity contribution in [2.24, 2.45) is 11.0 Å². The quantitative estimate of drug-likeness (QED) is 0.643. The topological polar surface area (TPSA) is 59.6 Å². The molecule has 1 N–H and O–H groups in total. The molecule has 0 spiro atoms. The summed E-state index contributed by atoms with van der Waals surface area (Å²) in [6.45, 7) is 1.92. The number of phenolic OH excluding ortho intramolecular Hbond substituents is 1. The molecule has 2 aliphatic rings. The van der Waals surface area contributed by atoms with Gasteiger partial charge in [0.1, 0.15) is 11.6 Å². The average Bonchev–Trinajstić information content (AvgIpc) is 3.14. The molecule has 0 radical (unpaired) electrons. The lowest BCUT2D eigenvalue weighted by Gasteiger charge is -2.31. The van der Waals surface area contributed by atoms with Crippen molar-refractivity contribution in [2.75, 3.05) is 5.01 Å². The van der Waals surface area contributed by atoms with Crippen LogP contribution in [0.1, 0.15) is 40.3 Å². The number of anilines is 1. The van der Waals surface area contributed by atoms with Gasteiger partial charge in [-0.2, -0.15) is 10.4 Å². The fourth-order valence-electron chi connectivity index (χ4n) is 4.64. The Labute approximate surface area is 174 Å². The summed E-state index contributed by atoms with van der Waals surface area (Å²) in [5.74, 6) is 0.159. The van der Waals surface area contributed by atoms with Crippen LogP contribution in [-0.4, -0.2) is 10.8 Å². The molecule has 3 aromatic carbocycles. The Bertz CT molecular complexity index is 1210. The SMILES string of the molecule is Cc1cc(N2N=C3c4ccc(O)cc4CC[C@H]3[C@H]2c2ccc(F)cc2)ccc1C#N. The number of aryl methyl sites for hydroxylation is 2. The number of benzene rings is 3. The van der Waals surface area contributed by atoms with Gasteiger partial charge >= 0.3 is 0 Å². The van der Waals surface area contributed by atoms with Gasteiger partial charge in [-0.3, -0.25) is 5.01 Å². The minimum absolute atomic E-state index is 0.0603. The maximum atomic E-state index is 13.6. The van der Waals surface area contributed by atoms with Gasteiger partial charge in [0.25, 0.3) is 0 Å². The summed E-state index contributed by atoms with van der Waals surface area (Å²) in [4.78, 5) is 0. The van der Waals surface area contributed by atoms with Crippen LogP contribution in [-0.2, 0) is 6.42 Å².